The zero-order valence-corrected chi connectivity index (χ0v) is 19.0. The van der Waals surface area contributed by atoms with Gasteiger partial charge < -0.3 is 14.8 Å². The first kappa shape index (κ1) is 21.1. The first-order valence-corrected chi connectivity index (χ1v) is 11.2. The van der Waals surface area contributed by atoms with Gasteiger partial charge in [-0.15, -0.1) is 0 Å². The van der Waals surface area contributed by atoms with Gasteiger partial charge in [0.25, 0.3) is 0 Å². The predicted octanol–water partition coefficient (Wildman–Crippen LogP) is 5.07. The van der Waals surface area contributed by atoms with Crippen molar-refractivity contribution in [1.29, 1.82) is 0 Å². The van der Waals surface area contributed by atoms with Crippen LogP contribution in [0.1, 0.15) is 44.8 Å². The smallest absolute Gasteiger partial charge is 0.337 e. The van der Waals surface area contributed by atoms with Crippen molar-refractivity contribution in [1.82, 2.24) is 14.8 Å². The van der Waals surface area contributed by atoms with Crippen molar-refractivity contribution in [3.8, 4) is 5.75 Å². The summed E-state index contributed by atoms with van der Waals surface area (Å²) in [5.74, 6) is 0.603. The number of rotatable bonds is 3. The lowest BCUT2D eigenvalue weighted by Gasteiger charge is -2.39. The van der Waals surface area contributed by atoms with Crippen molar-refractivity contribution < 1.29 is 18.7 Å². The summed E-state index contributed by atoms with van der Waals surface area (Å²) in [4.78, 5) is 16.4. The Morgan fingerprint density at radius 2 is 1.80 bits per heavy atom. The fourth-order valence-corrected chi connectivity index (χ4v) is 4.74. The highest BCUT2D eigenvalue weighted by molar-refractivity contribution is 5.89. The largest absolute Gasteiger partial charge is 0.480 e. The summed E-state index contributed by atoms with van der Waals surface area (Å²) in [7, 11) is 1.35. The van der Waals surface area contributed by atoms with Crippen LogP contribution in [0.15, 0.2) is 78.6 Å². The van der Waals surface area contributed by atoms with Gasteiger partial charge in [-0.2, -0.15) is 10.1 Å². The first-order chi connectivity index (χ1) is 17.0. The van der Waals surface area contributed by atoms with Crippen LogP contribution in [0, 0.1) is 12.7 Å². The quantitative estimate of drug-likeness (QED) is 0.423. The number of aromatic nitrogens is 3. The van der Waals surface area contributed by atoms with E-state index in [0.29, 0.717) is 11.5 Å². The second-order valence-electron chi connectivity index (χ2n) is 8.55. The van der Waals surface area contributed by atoms with Gasteiger partial charge in [0, 0.05) is 11.1 Å². The van der Waals surface area contributed by atoms with Crippen LogP contribution >= 0.6 is 0 Å². The van der Waals surface area contributed by atoms with E-state index in [2.05, 4.69) is 21.5 Å². The molecule has 0 bridgehead atoms. The Bertz CT molecular complexity index is 1480. The highest BCUT2D eigenvalue weighted by Gasteiger charge is 2.41. The molecule has 7 nitrogen and oxygen atoms in total. The van der Waals surface area contributed by atoms with Crippen LogP contribution in [0.3, 0.4) is 0 Å². The maximum absolute atomic E-state index is 13.8. The molecule has 0 aliphatic carbocycles. The summed E-state index contributed by atoms with van der Waals surface area (Å²) in [6, 6.07) is 19.2. The van der Waals surface area contributed by atoms with Crippen molar-refractivity contribution in [2.75, 3.05) is 12.4 Å². The van der Waals surface area contributed by atoms with E-state index >= 15 is 0 Å². The van der Waals surface area contributed by atoms with E-state index in [-0.39, 0.29) is 11.9 Å². The summed E-state index contributed by atoms with van der Waals surface area (Å²) in [5, 5.41) is 7.93. The molecule has 8 heteroatoms. The van der Waals surface area contributed by atoms with Crippen molar-refractivity contribution >= 4 is 17.6 Å². The Labute approximate surface area is 200 Å². The van der Waals surface area contributed by atoms with Crippen molar-refractivity contribution in [3.63, 3.8) is 0 Å². The molecular weight excluding hydrogens is 447 g/mol. The third-order valence-electron chi connectivity index (χ3n) is 6.39. The summed E-state index contributed by atoms with van der Waals surface area (Å²) in [6.07, 6.45) is 1.00. The lowest BCUT2D eigenvalue weighted by Crippen LogP contribution is -2.32. The third-order valence-corrected chi connectivity index (χ3v) is 6.39. The highest BCUT2D eigenvalue weighted by atomic mass is 19.1. The minimum Gasteiger partial charge on any atom is -0.480 e. The van der Waals surface area contributed by atoms with Gasteiger partial charge in [-0.25, -0.2) is 13.9 Å². The summed E-state index contributed by atoms with van der Waals surface area (Å²) < 4.78 is 27.0. The first-order valence-electron chi connectivity index (χ1n) is 11.2. The number of halogens is 1. The van der Waals surface area contributed by atoms with Gasteiger partial charge in [-0.3, -0.25) is 0 Å². The van der Waals surface area contributed by atoms with Crippen LogP contribution in [0.25, 0.3) is 5.70 Å². The van der Waals surface area contributed by atoms with E-state index < -0.39 is 12.1 Å². The molecule has 174 valence electrons. The van der Waals surface area contributed by atoms with Crippen molar-refractivity contribution in [2.45, 2.75) is 19.1 Å². The Kier molecular flexibility index (Phi) is 4.88. The summed E-state index contributed by atoms with van der Waals surface area (Å²) in [5.41, 5.74) is 5.96. The van der Waals surface area contributed by atoms with Crippen LogP contribution in [0.4, 0.5) is 10.3 Å². The average molecular weight is 468 g/mol. The Balaban J connectivity index is 1.57. The number of benzene rings is 3. The number of nitrogens with one attached hydrogen (secondary N) is 1. The number of carbonyl (C=O) groups excluding carboxylic acids is 1. The van der Waals surface area contributed by atoms with E-state index in [0.717, 1.165) is 39.3 Å². The lowest BCUT2D eigenvalue weighted by molar-refractivity contribution is 0.0600. The molecule has 0 fully saturated rings. The third kappa shape index (κ3) is 3.45. The predicted molar refractivity (Wildman–Crippen MR) is 127 cm³/mol. The van der Waals surface area contributed by atoms with Gasteiger partial charge in [-0.1, -0.05) is 35.9 Å². The molecule has 0 unspecified atom stereocenters. The molecule has 3 heterocycles. The van der Waals surface area contributed by atoms with E-state index in [4.69, 9.17) is 9.47 Å². The molecule has 0 saturated carbocycles. The molecule has 1 N–H and O–H groups in total. The van der Waals surface area contributed by atoms with E-state index in [1.807, 2.05) is 31.2 Å². The van der Waals surface area contributed by atoms with Crippen LogP contribution in [0.2, 0.25) is 0 Å². The van der Waals surface area contributed by atoms with Gasteiger partial charge >= 0.3 is 5.97 Å². The van der Waals surface area contributed by atoms with Crippen molar-refractivity contribution in [3.05, 3.63) is 112 Å². The van der Waals surface area contributed by atoms with Crippen LogP contribution < -0.4 is 10.1 Å². The number of hydrogen-bond donors (Lipinski definition) is 1. The maximum atomic E-state index is 13.8. The number of ether oxygens (including phenoxy) is 2. The molecule has 1 aromatic heterocycles. The molecule has 0 spiro atoms. The van der Waals surface area contributed by atoms with Gasteiger partial charge in [0.05, 0.1) is 18.4 Å². The number of methoxy groups -OCH3 is 1. The maximum Gasteiger partial charge on any atom is 0.337 e. The number of esters is 1. The standard InChI is InChI=1S/C27H21FN4O3/c1-15-3-12-21-20(13-15)23-22(25(35-21)17-4-6-18(7-5-17)26(33)34-2)24(16-8-10-19(28)11-9-16)32-27(31-23)29-14-30-32/h3-14,24-25H,1-2H3,(H,29,30,31)/t24-,25-/m1/s1. The Morgan fingerprint density at radius 1 is 1.06 bits per heavy atom. The fraction of sp³-hybridized carbons (Fsp3) is 0.148. The van der Waals surface area contributed by atoms with E-state index in [1.165, 1.54) is 25.6 Å². The number of nitrogens with zero attached hydrogens (tertiary/aromatic N) is 3. The van der Waals surface area contributed by atoms with Gasteiger partial charge in [0.2, 0.25) is 5.95 Å². The van der Waals surface area contributed by atoms with Gasteiger partial charge in [0.1, 0.15) is 30.0 Å². The molecule has 4 aromatic rings. The molecule has 2 atom stereocenters. The molecule has 0 radical (unpaired) electrons. The fourth-order valence-electron chi connectivity index (χ4n) is 4.74. The topological polar surface area (TPSA) is 78.3 Å². The zero-order valence-electron chi connectivity index (χ0n) is 19.0. The number of carbonyl (C=O) groups is 1. The van der Waals surface area contributed by atoms with E-state index in [9.17, 15) is 9.18 Å². The second kappa shape index (κ2) is 8.09. The number of anilines is 1. The summed E-state index contributed by atoms with van der Waals surface area (Å²) >= 11 is 0. The molecule has 2 aliphatic rings. The molecule has 0 amide bonds. The molecular formula is C27H21FN4O3. The zero-order chi connectivity index (χ0) is 24.1. The Morgan fingerprint density at radius 3 is 2.54 bits per heavy atom. The molecule has 35 heavy (non-hydrogen) atoms. The van der Waals surface area contributed by atoms with Crippen LogP contribution in [0.5, 0.6) is 5.75 Å². The highest BCUT2D eigenvalue weighted by Crippen LogP contribution is 2.50. The van der Waals surface area contributed by atoms with Crippen LogP contribution in [-0.2, 0) is 4.74 Å². The average Bonchev–Trinajstić information content (AvgIpc) is 3.36. The molecule has 3 aromatic carbocycles. The monoisotopic (exact) mass is 468 g/mol. The number of aryl methyl sites for hydroxylation is 1. The Hall–Kier alpha value is -4.46. The number of hydrogen-bond acceptors (Lipinski definition) is 6. The molecule has 6 rings (SSSR count). The summed E-state index contributed by atoms with van der Waals surface area (Å²) in [6.45, 7) is 2.03. The molecule has 2 aliphatic heterocycles. The van der Waals surface area contributed by atoms with Gasteiger partial charge in [-0.05, 0) is 54.4 Å². The van der Waals surface area contributed by atoms with Gasteiger partial charge in [0.15, 0.2) is 0 Å². The van der Waals surface area contributed by atoms with Crippen molar-refractivity contribution in [2.24, 2.45) is 0 Å². The normalized spacial score (nSPS) is 18.0. The van der Waals surface area contributed by atoms with Crippen LogP contribution in [-0.4, -0.2) is 27.8 Å². The molecule has 0 saturated heterocycles. The second-order valence-corrected chi connectivity index (χ2v) is 8.55. The minimum absolute atomic E-state index is 0.313. The SMILES string of the molecule is COC(=O)c1ccc([C@H]2Oc3ccc(C)cc3C3=C2[C@@H](c2ccc(F)cc2)n2ncnc2N3)cc1. The lowest BCUT2D eigenvalue weighted by atomic mass is 9.84. The number of fused-ring (bicyclic) bond motifs is 3. The minimum atomic E-state index is -0.494. The van der Waals surface area contributed by atoms with E-state index in [1.54, 1.807) is 28.9 Å².